The standard InChI is InChI=1S/C15H9ClN2O2/c16-14-10(5-2-8-17-14)12-7-6-9-3-1-4-11(15(19)20)13(9)18-12/h1-8H,(H,19,20). The van der Waals surface area contributed by atoms with Crippen LogP contribution < -0.4 is 0 Å². The third kappa shape index (κ3) is 2.10. The molecule has 0 unspecified atom stereocenters. The molecule has 1 N–H and O–H groups in total. The maximum absolute atomic E-state index is 11.3. The van der Waals surface area contributed by atoms with E-state index < -0.39 is 5.97 Å². The minimum Gasteiger partial charge on any atom is -0.478 e. The second kappa shape index (κ2) is 4.90. The monoisotopic (exact) mass is 284 g/mol. The number of aromatic carboxylic acids is 1. The average Bonchev–Trinajstić information content (AvgIpc) is 2.46. The Morgan fingerprint density at radius 2 is 1.95 bits per heavy atom. The van der Waals surface area contributed by atoms with Gasteiger partial charge in [-0.15, -0.1) is 0 Å². The molecule has 0 saturated heterocycles. The van der Waals surface area contributed by atoms with Gasteiger partial charge in [0.05, 0.1) is 16.8 Å². The third-order valence-electron chi connectivity index (χ3n) is 2.99. The molecule has 0 amide bonds. The number of carboxylic acids is 1. The van der Waals surface area contributed by atoms with Crippen LogP contribution in [0.1, 0.15) is 10.4 Å². The van der Waals surface area contributed by atoms with Crippen LogP contribution in [0.2, 0.25) is 5.15 Å². The molecule has 20 heavy (non-hydrogen) atoms. The van der Waals surface area contributed by atoms with Crippen molar-refractivity contribution in [3.8, 4) is 11.3 Å². The van der Waals surface area contributed by atoms with Crippen molar-refractivity contribution in [3.05, 3.63) is 59.4 Å². The lowest BCUT2D eigenvalue weighted by atomic mass is 10.1. The minimum atomic E-state index is -1.00. The van der Waals surface area contributed by atoms with E-state index in [1.54, 1.807) is 30.5 Å². The van der Waals surface area contributed by atoms with Crippen molar-refractivity contribution in [3.63, 3.8) is 0 Å². The molecule has 0 radical (unpaired) electrons. The maximum Gasteiger partial charge on any atom is 0.337 e. The van der Waals surface area contributed by atoms with Crippen LogP contribution in [-0.4, -0.2) is 21.0 Å². The van der Waals surface area contributed by atoms with E-state index in [1.165, 1.54) is 6.07 Å². The van der Waals surface area contributed by atoms with Crippen molar-refractivity contribution in [2.45, 2.75) is 0 Å². The molecule has 5 heteroatoms. The highest BCUT2D eigenvalue weighted by Gasteiger charge is 2.12. The van der Waals surface area contributed by atoms with E-state index >= 15 is 0 Å². The number of hydrogen-bond donors (Lipinski definition) is 1. The predicted octanol–water partition coefficient (Wildman–Crippen LogP) is 3.65. The highest BCUT2D eigenvalue weighted by Crippen LogP contribution is 2.27. The summed E-state index contributed by atoms with van der Waals surface area (Å²) in [6, 6.07) is 12.2. The van der Waals surface area contributed by atoms with Gasteiger partial charge in [-0.2, -0.15) is 0 Å². The van der Waals surface area contributed by atoms with Crippen molar-refractivity contribution in [1.82, 2.24) is 9.97 Å². The molecule has 1 aromatic carbocycles. The fourth-order valence-electron chi connectivity index (χ4n) is 2.05. The predicted molar refractivity (Wildman–Crippen MR) is 76.9 cm³/mol. The lowest BCUT2D eigenvalue weighted by Crippen LogP contribution is -1.99. The first-order valence-electron chi connectivity index (χ1n) is 5.91. The SMILES string of the molecule is O=C(O)c1cccc2ccc(-c3cccnc3Cl)nc12. The summed E-state index contributed by atoms with van der Waals surface area (Å²) in [5.41, 5.74) is 1.89. The summed E-state index contributed by atoms with van der Waals surface area (Å²) in [6.45, 7) is 0. The van der Waals surface area contributed by atoms with Gasteiger partial charge < -0.3 is 5.11 Å². The van der Waals surface area contributed by atoms with E-state index in [1.807, 2.05) is 12.1 Å². The van der Waals surface area contributed by atoms with Crippen LogP contribution in [0.25, 0.3) is 22.2 Å². The summed E-state index contributed by atoms with van der Waals surface area (Å²) in [7, 11) is 0. The van der Waals surface area contributed by atoms with Crippen LogP contribution in [0.4, 0.5) is 0 Å². The van der Waals surface area contributed by atoms with Gasteiger partial charge in [-0.05, 0) is 24.3 Å². The Bertz CT molecular complexity index is 818. The van der Waals surface area contributed by atoms with Gasteiger partial charge in [0.15, 0.2) is 0 Å². The highest BCUT2D eigenvalue weighted by atomic mass is 35.5. The lowest BCUT2D eigenvalue weighted by molar-refractivity contribution is 0.0699. The Morgan fingerprint density at radius 3 is 2.70 bits per heavy atom. The maximum atomic E-state index is 11.3. The molecule has 0 atom stereocenters. The van der Waals surface area contributed by atoms with Crippen LogP contribution in [0.15, 0.2) is 48.7 Å². The molecule has 98 valence electrons. The summed E-state index contributed by atoms with van der Waals surface area (Å²) in [5, 5.41) is 10.3. The molecule has 0 spiro atoms. The van der Waals surface area contributed by atoms with E-state index in [2.05, 4.69) is 9.97 Å². The second-order valence-electron chi connectivity index (χ2n) is 4.22. The van der Waals surface area contributed by atoms with Gasteiger partial charge in [-0.25, -0.2) is 14.8 Å². The first-order valence-corrected chi connectivity index (χ1v) is 6.28. The zero-order valence-corrected chi connectivity index (χ0v) is 11.0. The quantitative estimate of drug-likeness (QED) is 0.730. The molecule has 0 aliphatic heterocycles. The molecule has 0 bridgehead atoms. The number of pyridine rings is 2. The first-order chi connectivity index (χ1) is 9.66. The third-order valence-corrected chi connectivity index (χ3v) is 3.29. The number of benzene rings is 1. The van der Waals surface area contributed by atoms with E-state index in [0.29, 0.717) is 21.9 Å². The number of carboxylic acid groups (broad SMARTS) is 1. The topological polar surface area (TPSA) is 63.1 Å². The van der Waals surface area contributed by atoms with E-state index in [-0.39, 0.29) is 5.56 Å². The number of para-hydroxylation sites is 1. The summed E-state index contributed by atoms with van der Waals surface area (Å²) in [6.07, 6.45) is 1.59. The van der Waals surface area contributed by atoms with Crippen LogP contribution >= 0.6 is 11.6 Å². The van der Waals surface area contributed by atoms with Crippen molar-refractivity contribution >= 4 is 28.5 Å². The molecule has 0 saturated carbocycles. The van der Waals surface area contributed by atoms with Crippen molar-refractivity contribution in [2.24, 2.45) is 0 Å². The number of fused-ring (bicyclic) bond motifs is 1. The van der Waals surface area contributed by atoms with Crippen LogP contribution in [-0.2, 0) is 0 Å². The number of nitrogens with zero attached hydrogens (tertiary/aromatic N) is 2. The van der Waals surface area contributed by atoms with Gasteiger partial charge in [0.25, 0.3) is 0 Å². The van der Waals surface area contributed by atoms with Crippen molar-refractivity contribution in [1.29, 1.82) is 0 Å². The molecular formula is C15H9ClN2O2. The van der Waals surface area contributed by atoms with Crippen molar-refractivity contribution in [2.75, 3.05) is 0 Å². The van der Waals surface area contributed by atoms with Crippen LogP contribution in [0.5, 0.6) is 0 Å². The summed E-state index contributed by atoms with van der Waals surface area (Å²) in [5.74, 6) is -1.00. The molecule has 0 fully saturated rings. The van der Waals surface area contributed by atoms with E-state index in [9.17, 15) is 9.90 Å². The molecule has 3 rings (SSSR count). The van der Waals surface area contributed by atoms with Gasteiger partial charge in [0.1, 0.15) is 5.15 Å². The van der Waals surface area contributed by atoms with E-state index in [4.69, 9.17) is 11.6 Å². The molecular weight excluding hydrogens is 276 g/mol. The van der Waals surface area contributed by atoms with Crippen molar-refractivity contribution < 1.29 is 9.90 Å². The van der Waals surface area contributed by atoms with Gasteiger partial charge in [0, 0.05) is 17.1 Å². The minimum absolute atomic E-state index is 0.171. The first kappa shape index (κ1) is 12.6. The fraction of sp³-hybridized carbons (Fsp3) is 0. The second-order valence-corrected chi connectivity index (χ2v) is 4.58. The Morgan fingerprint density at radius 1 is 1.10 bits per heavy atom. The zero-order chi connectivity index (χ0) is 14.1. The zero-order valence-electron chi connectivity index (χ0n) is 10.2. The Kier molecular flexibility index (Phi) is 3.08. The smallest absolute Gasteiger partial charge is 0.337 e. The molecule has 0 aliphatic rings. The molecule has 4 nitrogen and oxygen atoms in total. The van der Waals surface area contributed by atoms with Crippen LogP contribution in [0, 0.1) is 0 Å². The highest BCUT2D eigenvalue weighted by molar-refractivity contribution is 6.32. The summed E-state index contributed by atoms with van der Waals surface area (Å²) < 4.78 is 0. The van der Waals surface area contributed by atoms with Gasteiger partial charge in [-0.1, -0.05) is 29.8 Å². The fourth-order valence-corrected chi connectivity index (χ4v) is 2.26. The number of aromatic nitrogens is 2. The van der Waals surface area contributed by atoms with Crippen LogP contribution in [0.3, 0.4) is 0 Å². The molecule has 0 aliphatic carbocycles. The van der Waals surface area contributed by atoms with Gasteiger partial charge >= 0.3 is 5.97 Å². The van der Waals surface area contributed by atoms with Gasteiger partial charge in [0.2, 0.25) is 0 Å². The Hall–Kier alpha value is -2.46. The summed E-state index contributed by atoms with van der Waals surface area (Å²) >= 11 is 6.04. The Labute approximate surface area is 119 Å². The molecule has 3 aromatic rings. The lowest BCUT2D eigenvalue weighted by Gasteiger charge is -2.06. The van der Waals surface area contributed by atoms with E-state index in [0.717, 1.165) is 5.39 Å². The summed E-state index contributed by atoms with van der Waals surface area (Å²) in [4.78, 5) is 19.7. The number of rotatable bonds is 2. The average molecular weight is 285 g/mol. The van der Waals surface area contributed by atoms with Gasteiger partial charge in [-0.3, -0.25) is 0 Å². The number of hydrogen-bond acceptors (Lipinski definition) is 3. The normalized spacial score (nSPS) is 10.7. The Balaban J connectivity index is 2.27. The molecule has 2 heterocycles. The largest absolute Gasteiger partial charge is 0.478 e. The molecule has 2 aromatic heterocycles. The number of halogens is 1. The number of carbonyl (C=O) groups is 1.